The molecule has 2 fully saturated rings. The third kappa shape index (κ3) is 2.25. The second-order valence-electron chi connectivity index (χ2n) is 5.17. The van der Waals surface area contributed by atoms with Crippen molar-refractivity contribution in [2.75, 3.05) is 25.4 Å². The minimum absolute atomic E-state index is 0.718. The highest BCUT2D eigenvalue weighted by molar-refractivity contribution is 5.41. The number of nitrogen functional groups attached to an aromatic ring is 1. The average Bonchev–Trinajstić information content (AvgIpc) is 2.91. The number of nitrogens with zero attached hydrogens (tertiary/aromatic N) is 1. The van der Waals surface area contributed by atoms with Crippen LogP contribution in [0.25, 0.3) is 0 Å². The summed E-state index contributed by atoms with van der Waals surface area (Å²) in [7, 11) is 0. The molecule has 0 amide bonds. The summed E-state index contributed by atoms with van der Waals surface area (Å²) in [6, 6.07) is 8.48. The van der Waals surface area contributed by atoms with E-state index >= 15 is 0 Å². The monoisotopic (exact) mass is 232 g/mol. The minimum Gasteiger partial charge on any atom is -0.493 e. The lowest BCUT2D eigenvalue weighted by Gasteiger charge is -2.20. The zero-order chi connectivity index (χ0) is 11.7. The van der Waals surface area contributed by atoms with Crippen LogP contribution in [-0.2, 0) is 0 Å². The Bertz CT molecular complexity index is 376. The van der Waals surface area contributed by atoms with E-state index in [1.165, 1.54) is 32.4 Å². The Balaban J connectivity index is 1.56. The number of benzene rings is 1. The Morgan fingerprint density at radius 1 is 1.18 bits per heavy atom. The third-order valence-electron chi connectivity index (χ3n) is 4.09. The molecule has 1 aromatic carbocycles. The zero-order valence-corrected chi connectivity index (χ0v) is 10.1. The molecule has 92 valence electrons. The van der Waals surface area contributed by atoms with Crippen LogP contribution in [0.1, 0.15) is 19.3 Å². The highest BCUT2D eigenvalue weighted by atomic mass is 16.5. The molecule has 2 N–H and O–H groups in total. The molecule has 2 atom stereocenters. The number of anilines is 1. The molecule has 0 bridgehead atoms. The van der Waals surface area contributed by atoms with Crippen molar-refractivity contribution in [1.29, 1.82) is 0 Å². The second-order valence-corrected chi connectivity index (χ2v) is 5.17. The topological polar surface area (TPSA) is 38.5 Å². The molecule has 0 spiro atoms. The molecule has 1 aromatic rings. The summed E-state index contributed by atoms with van der Waals surface area (Å²) in [4.78, 5) is 2.62. The summed E-state index contributed by atoms with van der Waals surface area (Å²) in [5, 5.41) is 0. The number of nitrogens with two attached hydrogens (primary N) is 1. The van der Waals surface area contributed by atoms with Crippen LogP contribution in [0.4, 0.5) is 5.69 Å². The Morgan fingerprint density at radius 3 is 2.82 bits per heavy atom. The van der Waals surface area contributed by atoms with Crippen molar-refractivity contribution >= 4 is 5.69 Å². The summed E-state index contributed by atoms with van der Waals surface area (Å²) in [5.41, 5.74) is 6.44. The SMILES string of the molecule is Nc1ccc(OCC2CCN3CCCC23)cc1. The van der Waals surface area contributed by atoms with Crippen molar-refractivity contribution in [1.82, 2.24) is 4.90 Å². The fraction of sp³-hybridized carbons (Fsp3) is 0.571. The van der Waals surface area contributed by atoms with Crippen molar-refractivity contribution in [2.45, 2.75) is 25.3 Å². The fourth-order valence-electron chi connectivity index (χ4n) is 3.15. The molecule has 2 unspecified atom stereocenters. The van der Waals surface area contributed by atoms with Crippen LogP contribution in [0.5, 0.6) is 5.75 Å². The van der Waals surface area contributed by atoms with Gasteiger partial charge in [-0.15, -0.1) is 0 Å². The fourth-order valence-corrected chi connectivity index (χ4v) is 3.15. The normalized spacial score (nSPS) is 28.2. The van der Waals surface area contributed by atoms with E-state index in [0.717, 1.165) is 30.0 Å². The zero-order valence-electron chi connectivity index (χ0n) is 10.1. The molecule has 3 heteroatoms. The van der Waals surface area contributed by atoms with Crippen LogP contribution < -0.4 is 10.5 Å². The lowest BCUT2D eigenvalue weighted by Crippen LogP contribution is -2.28. The maximum Gasteiger partial charge on any atom is 0.119 e. The lowest BCUT2D eigenvalue weighted by molar-refractivity contribution is 0.207. The molecule has 0 aromatic heterocycles. The summed E-state index contributed by atoms with van der Waals surface area (Å²) in [6.45, 7) is 3.41. The van der Waals surface area contributed by atoms with Gasteiger partial charge in [-0.05, 0) is 56.6 Å². The highest BCUT2D eigenvalue weighted by Crippen LogP contribution is 2.33. The standard InChI is InChI=1S/C14H20N2O/c15-12-3-5-13(6-4-12)17-10-11-7-9-16-8-1-2-14(11)16/h3-6,11,14H,1-2,7-10,15H2. The van der Waals surface area contributed by atoms with Gasteiger partial charge < -0.3 is 10.5 Å². The Kier molecular flexibility index (Phi) is 2.93. The van der Waals surface area contributed by atoms with Crippen LogP contribution in [-0.4, -0.2) is 30.6 Å². The molecule has 2 saturated heterocycles. The lowest BCUT2D eigenvalue weighted by atomic mass is 9.99. The van der Waals surface area contributed by atoms with Gasteiger partial charge in [-0.3, -0.25) is 4.90 Å². The van der Waals surface area contributed by atoms with E-state index in [2.05, 4.69) is 4.90 Å². The van der Waals surface area contributed by atoms with Crippen molar-refractivity contribution in [2.24, 2.45) is 5.92 Å². The van der Waals surface area contributed by atoms with Gasteiger partial charge in [0.15, 0.2) is 0 Å². The smallest absolute Gasteiger partial charge is 0.119 e. The molecule has 2 aliphatic heterocycles. The van der Waals surface area contributed by atoms with Gasteiger partial charge in [0.25, 0.3) is 0 Å². The van der Waals surface area contributed by atoms with Gasteiger partial charge in [0, 0.05) is 17.6 Å². The maximum atomic E-state index is 5.87. The quantitative estimate of drug-likeness (QED) is 0.811. The van der Waals surface area contributed by atoms with Crippen molar-refractivity contribution in [3.63, 3.8) is 0 Å². The maximum absolute atomic E-state index is 5.87. The molecule has 0 aliphatic carbocycles. The van der Waals surface area contributed by atoms with Crippen LogP contribution >= 0.6 is 0 Å². The van der Waals surface area contributed by atoms with Gasteiger partial charge in [-0.1, -0.05) is 0 Å². The van der Waals surface area contributed by atoms with Gasteiger partial charge in [-0.25, -0.2) is 0 Å². The van der Waals surface area contributed by atoms with Crippen LogP contribution in [0.15, 0.2) is 24.3 Å². The van der Waals surface area contributed by atoms with E-state index in [1.54, 1.807) is 0 Å². The van der Waals surface area contributed by atoms with E-state index in [1.807, 2.05) is 24.3 Å². The van der Waals surface area contributed by atoms with Crippen LogP contribution in [0, 0.1) is 5.92 Å². The third-order valence-corrected chi connectivity index (χ3v) is 4.09. The molecule has 2 aliphatic rings. The van der Waals surface area contributed by atoms with Gasteiger partial charge >= 0.3 is 0 Å². The van der Waals surface area contributed by atoms with Crippen LogP contribution in [0.3, 0.4) is 0 Å². The predicted molar refractivity (Wildman–Crippen MR) is 69.1 cm³/mol. The van der Waals surface area contributed by atoms with E-state index in [4.69, 9.17) is 10.5 Å². The van der Waals surface area contributed by atoms with Crippen molar-refractivity contribution < 1.29 is 4.74 Å². The van der Waals surface area contributed by atoms with E-state index in [9.17, 15) is 0 Å². The molecule has 2 heterocycles. The highest BCUT2D eigenvalue weighted by Gasteiger charge is 2.37. The Hall–Kier alpha value is -1.22. The summed E-state index contributed by atoms with van der Waals surface area (Å²) in [6.07, 6.45) is 4.01. The van der Waals surface area contributed by atoms with Gasteiger partial charge in [-0.2, -0.15) is 0 Å². The first-order valence-corrected chi connectivity index (χ1v) is 6.55. The largest absolute Gasteiger partial charge is 0.493 e. The summed E-state index contributed by atoms with van der Waals surface area (Å²) >= 11 is 0. The molecular formula is C14H20N2O. The molecule has 3 rings (SSSR count). The molecule has 17 heavy (non-hydrogen) atoms. The minimum atomic E-state index is 0.718. The summed E-state index contributed by atoms with van der Waals surface area (Å²) in [5.74, 6) is 1.66. The van der Waals surface area contributed by atoms with E-state index in [0.29, 0.717) is 0 Å². The Morgan fingerprint density at radius 2 is 2.00 bits per heavy atom. The number of hydrogen-bond donors (Lipinski definition) is 1. The molecule has 3 nitrogen and oxygen atoms in total. The van der Waals surface area contributed by atoms with E-state index < -0.39 is 0 Å². The Labute approximate surface area is 103 Å². The number of hydrogen-bond acceptors (Lipinski definition) is 3. The average molecular weight is 232 g/mol. The van der Waals surface area contributed by atoms with Crippen molar-refractivity contribution in [3.8, 4) is 5.75 Å². The van der Waals surface area contributed by atoms with Gasteiger partial charge in [0.2, 0.25) is 0 Å². The number of ether oxygens (including phenoxy) is 1. The van der Waals surface area contributed by atoms with Crippen molar-refractivity contribution in [3.05, 3.63) is 24.3 Å². The van der Waals surface area contributed by atoms with Gasteiger partial charge in [0.05, 0.1) is 6.61 Å². The predicted octanol–water partition coefficient (Wildman–Crippen LogP) is 2.13. The molecule has 0 radical (unpaired) electrons. The number of rotatable bonds is 3. The van der Waals surface area contributed by atoms with Crippen LogP contribution in [0.2, 0.25) is 0 Å². The first kappa shape index (κ1) is 10.9. The first-order chi connectivity index (χ1) is 8.33. The molecule has 0 saturated carbocycles. The second kappa shape index (κ2) is 4.57. The number of fused-ring (bicyclic) bond motifs is 1. The molecular weight excluding hydrogens is 212 g/mol. The van der Waals surface area contributed by atoms with Gasteiger partial charge in [0.1, 0.15) is 5.75 Å². The first-order valence-electron chi connectivity index (χ1n) is 6.55. The van der Waals surface area contributed by atoms with E-state index in [-0.39, 0.29) is 0 Å². The summed E-state index contributed by atoms with van der Waals surface area (Å²) < 4.78 is 5.87.